The lowest BCUT2D eigenvalue weighted by Gasteiger charge is -2.25. The predicted octanol–water partition coefficient (Wildman–Crippen LogP) is 3.67. The number of alkyl halides is 1. The van der Waals surface area contributed by atoms with Gasteiger partial charge in [0.05, 0.1) is 24.0 Å². The maximum Gasteiger partial charge on any atom is 0.232 e. The van der Waals surface area contributed by atoms with Crippen LogP contribution in [0.2, 0.25) is 0 Å². The van der Waals surface area contributed by atoms with Crippen LogP contribution in [0.25, 0.3) is 0 Å². The van der Waals surface area contributed by atoms with Crippen molar-refractivity contribution in [1.82, 2.24) is 9.97 Å². The number of fused-ring (bicyclic) bond motifs is 1. The Morgan fingerprint density at radius 2 is 2.11 bits per heavy atom. The molecule has 0 N–H and O–H groups in total. The molecule has 3 nitrogen and oxygen atoms in total. The van der Waals surface area contributed by atoms with Gasteiger partial charge in [-0.05, 0) is 30.4 Å². The number of hydrogen-bond acceptors (Lipinski definition) is 3. The van der Waals surface area contributed by atoms with Gasteiger partial charge in [0.1, 0.15) is 6.10 Å². The molecular weight excluding hydrogens is 260 g/mol. The number of halogens is 1. The smallest absolute Gasteiger partial charge is 0.232 e. The summed E-state index contributed by atoms with van der Waals surface area (Å²) in [6.45, 7) is 0. The number of aromatic nitrogens is 2. The molecule has 1 aliphatic rings. The fourth-order valence-electron chi connectivity index (χ4n) is 2.45. The van der Waals surface area contributed by atoms with E-state index in [1.54, 1.807) is 12.4 Å². The van der Waals surface area contributed by atoms with Crippen molar-refractivity contribution in [3.63, 3.8) is 0 Å². The van der Waals surface area contributed by atoms with E-state index in [1.165, 1.54) is 11.1 Å². The largest absolute Gasteiger partial charge is 0.468 e. The van der Waals surface area contributed by atoms with Crippen molar-refractivity contribution in [3.05, 3.63) is 53.5 Å². The highest BCUT2D eigenvalue weighted by molar-refractivity contribution is 6.16. The van der Waals surface area contributed by atoms with Gasteiger partial charge in [0.25, 0.3) is 0 Å². The summed E-state index contributed by atoms with van der Waals surface area (Å²) in [6, 6.07) is 8.45. The van der Waals surface area contributed by atoms with Crippen molar-refractivity contribution in [2.45, 2.75) is 31.2 Å². The van der Waals surface area contributed by atoms with Gasteiger partial charge in [-0.25, -0.2) is 4.98 Å². The molecule has 1 heterocycles. The molecule has 19 heavy (non-hydrogen) atoms. The van der Waals surface area contributed by atoms with Crippen LogP contribution >= 0.6 is 11.6 Å². The number of benzene rings is 1. The second-order valence-corrected chi connectivity index (χ2v) is 4.94. The van der Waals surface area contributed by atoms with Gasteiger partial charge in [-0.15, -0.1) is 11.6 Å². The van der Waals surface area contributed by atoms with E-state index in [1.807, 2.05) is 0 Å². The zero-order valence-electron chi connectivity index (χ0n) is 10.6. The molecule has 1 unspecified atom stereocenters. The first kappa shape index (κ1) is 12.4. The Hall–Kier alpha value is -1.61. The van der Waals surface area contributed by atoms with E-state index in [2.05, 4.69) is 34.2 Å². The average Bonchev–Trinajstić information content (AvgIpc) is 2.48. The van der Waals surface area contributed by atoms with Gasteiger partial charge >= 0.3 is 0 Å². The van der Waals surface area contributed by atoms with Crippen LogP contribution in [0.3, 0.4) is 0 Å². The summed E-state index contributed by atoms with van der Waals surface area (Å²) < 4.78 is 5.96. The second-order valence-electron chi connectivity index (χ2n) is 4.68. The first-order valence-electron chi connectivity index (χ1n) is 6.48. The molecule has 0 fully saturated rings. The minimum atomic E-state index is 0.0844. The quantitative estimate of drug-likeness (QED) is 0.801. The maximum atomic E-state index is 5.96. The van der Waals surface area contributed by atoms with Crippen molar-refractivity contribution in [1.29, 1.82) is 0 Å². The van der Waals surface area contributed by atoms with Gasteiger partial charge < -0.3 is 4.74 Å². The Morgan fingerprint density at radius 1 is 1.21 bits per heavy atom. The third-order valence-electron chi connectivity index (χ3n) is 3.40. The zero-order valence-corrected chi connectivity index (χ0v) is 11.3. The van der Waals surface area contributed by atoms with Crippen molar-refractivity contribution in [2.24, 2.45) is 0 Å². The van der Waals surface area contributed by atoms with E-state index < -0.39 is 0 Å². The van der Waals surface area contributed by atoms with Crippen molar-refractivity contribution < 1.29 is 4.74 Å². The van der Waals surface area contributed by atoms with Crippen LogP contribution in [0.15, 0.2) is 36.7 Å². The van der Waals surface area contributed by atoms with Crippen molar-refractivity contribution >= 4 is 11.6 Å². The fraction of sp³-hybridized carbons (Fsp3) is 0.333. The number of hydrogen-bond donors (Lipinski definition) is 0. The minimum Gasteiger partial charge on any atom is -0.468 e. The molecule has 1 aliphatic carbocycles. The van der Waals surface area contributed by atoms with Crippen LogP contribution in [0.5, 0.6) is 5.88 Å². The Balaban J connectivity index is 1.80. The van der Waals surface area contributed by atoms with Gasteiger partial charge in [-0.1, -0.05) is 24.3 Å². The van der Waals surface area contributed by atoms with E-state index in [-0.39, 0.29) is 6.10 Å². The molecule has 1 atom stereocenters. The van der Waals surface area contributed by atoms with E-state index >= 15 is 0 Å². The summed E-state index contributed by atoms with van der Waals surface area (Å²) in [7, 11) is 0. The third kappa shape index (κ3) is 2.71. The third-order valence-corrected chi connectivity index (χ3v) is 3.67. The summed E-state index contributed by atoms with van der Waals surface area (Å²) in [5.41, 5.74) is 3.42. The molecule has 3 rings (SSSR count). The summed E-state index contributed by atoms with van der Waals surface area (Å²) >= 11 is 5.69. The molecule has 0 amide bonds. The molecule has 2 aromatic rings. The molecule has 98 valence electrons. The van der Waals surface area contributed by atoms with Crippen molar-refractivity contribution in [2.75, 3.05) is 0 Å². The molecule has 0 bridgehead atoms. The summed E-state index contributed by atoms with van der Waals surface area (Å²) in [4.78, 5) is 8.45. The topological polar surface area (TPSA) is 35.0 Å². The Bertz CT molecular complexity index is 556. The monoisotopic (exact) mass is 274 g/mol. The molecule has 0 saturated heterocycles. The van der Waals surface area contributed by atoms with Crippen LogP contribution in [-0.4, -0.2) is 9.97 Å². The van der Waals surface area contributed by atoms with E-state index in [4.69, 9.17) is 16.3 Å². The molecule has 0 radical (unpaired) electrons. The van der Waals surface area contributed by atoms with Gasteiger partial charge in [0, 0.05) is 0 Å². The Kier molecular flexibility index (Phi) is 3.65. The zero-order chi connectivity index (χ0) is 13.1. The molecule has 0 saturated carbocycles. The molecule has 0 spiro atoms. The normalized spacial score (nSPS) is 17.8. The molecule has 1 aromatic carbocycles. The number of rotatable bonds is 3. The lowest BCUT2D eigenvalue weighted by atomic mass is 9.89. The number of aryl methyl sites for hydroxylation is 1. The van der Waals surface area contributed by atoms with E-state index in [0.717, 1.165) is 25.0 Å². The summed E-state index contributed by atoms with van der Waals surface area (Å²) in [6.07, 6.45) is 6.70. The Morgan fingerprint density at radius 3 is 2.89 bits per heavy atom. The van der Waals surface area contributed by atoms with E-state index in [0.29, 0.717) is 11.8 Å². The molecule has 4 heteroatoms. The predicted molar refractivity (Wildman–Crippen MR) is 74.3 cm³/mol. The SMILES string of the molecule is ClCc1cnc(OC2CCCc3ccccc32)cn1. The first-order chi connectivity index (χ1) is 9.36. The van der Waals surface area contributed by atoms with Crippen LogP contribution in [0.4, 0.5) is 0 Å². The van der Waals surface area contributed by atoms with Crippen molar-refractivity contribution in [3.8, 4) is 5.88 Å². The lowest BCUT2D eigenvalue weighted by Crippen LogP contribution is -2.15. The highest BCUT2D eigenvalue weighted by Gasteiger charge is 2.21. The fourth-order valence-corrected chi connectivity index (χ4v) is 2.59. The minimum absolute atomic E-state index is 0.0844. The average molecular weight is 275 g/mol. The standard InChI is InChI=1S/C15H15ClN2O/c16-8-12-9-18-15(10-17-12)19-14-7-3-5-11-4-1-2-6-13(11)14/h1-2,4,6,9-10,14H,3,5,7-8H2. The molecule has 0 aliphatic heterocycles. The highest BCUT2D eigenvalue weighted by Crippen LogP contribution is 2.32. The first-order valence-corrected chi connectivity index (χ1v) is 7.01. The van der Waals surface area contributed by atoms with Crippen LogP contribution in [-0.2, 0) is 12.3 Å². The van der Waals surface area contributed by atoms with Gasteiger partial charge in [-0.3, -0.25) is 4.98 Å². The lowest BCUT2D eigenvalue weighted by molar-refractivity contribution is 0.175. The Labute approximate surface area is 117 Å². The van der Waals surface area contributed by atoms with Crippen LogP contribution < -0.4 is 4.74 Å². The maximum absolute atomic E-state index is 5.96. The number of ether oxygens (including phenoxy) is 1. The van der Waals surface area contributed by atoms with Gasteiger partial charge in [0.2, 0.25) is 5.88 Å². The number of nitrogens with zero attached hydrogens (tertiary/aromatic N) is 2. The summed E-state index contributed by atoms with van der Waals surface area (Å²) in [5, 5.41) is 0. The molecule has 1 aromatic heterocycles. The molecular formula is C15H15ClN2O. The summed E-state index contributed by atoms with van der Waals surface area (Å²) in [5.74, 6) is 0.940. The van der Waals surface area contributed by atoms with Gasteiger partial charge in [0.15, 0.2) is 0 Å². The second kappa shape index (κ2) is 5.57. The van der Waals surface area contributed by atoms with E-state index in [9.17, 15) is 0 Å². The highest BCUT2D eigenvalue weighted by atomic mass is 35.5. The van der Waals surface area contributed by atoms with Crippen LogP contribution in [0.1, 0.15) is 35.8 Å². The van der Waals surface area contributed by atoms with Gasteiger partial charge in [-0.2, -0.15) is 0 Å². The van der Waals surface area contributed by atoms with Crippen LogP contribution in [0, 0.1) is 0 Å².